The molecule has 0 aromatic carbocycles. The van der Waals surface area contributed by atoms with Crippen LogP contribution in [0.4, 0.5) is 0 Å². The number of alkyl halides is 1. The monoisotopic (exact) mass is 277 g/mol. The van der Waals surface area contributed by atoms with Gasteiger partial charge in [0.05, 0.1) is 0 Å². The Morgan fingerprint density at radius 3 is 1.60 bits per heavy atom. The Balaban J connectivity index is 0. The van der Waals surface area contributed by atoms with Crippen LogP contribution in [0.5, 0.6) is 0 Å². The number of hydrogen-bond donors (Lipinski definition) is 0. The molecule has 4 heteroatoms. The molecule has 0 atom stereocenters. The van der Waals surface area contributed by atoms with E-state index in [1.165, 1.54) is 0 Å². The zero-order valence-corrected chi connectivity index (χ0v) is 8.56. The van der Waals surface area contributed by atoms with Gasteiger partial charge in [0.1, 0.15) is 5.62 Å². The average molecular weight is 278 g/mol. The molecule has 0 unspecified atom stereocenters. The molecule has 0 bridgehead atoms. The van der Waals surface area contributed by atoms with Gasteiger partial charge in [0.25, 0.3) is 0 Å². The fourth-order valence-electron chi connectivity index (χ4n) is 0.865. The third-order valence-corrected chi connectivity index (χ3v) is 2.20. The van der Waals surface area contributed by atoms with Crippen molar-refractivity contribution in [2.24, 2.45) is 0 Å². The third-order valence-electron chi connectivity index (χ3n) is 1.53. The Morgan fingerprint density at radius 2 is 1.50 bits per heavy atom. The fraction of sp³-hybridized carbons (Fsp3) is 1.00. The largest absolute Gasteiger partial charge is 1.00 e. The van der Waals surface area contributed by atoms with Gasteiger partial charge in [0.2, 0.25) is 0 Å². The molecule has 10 heavy (non-hydrogen) atoms. The molecular weight excluding hydrogens is 262 g/mol. The maximum Gasteiger partial charge on any atom is 0.139 e. The van der Waals surface area contributed by atoms with E-state index in [0.717, 1.165) is 13.1 Å². The molecule has 0 aromatic heterocycles. The average Bonchev–Trinajstić information content (AvgIpc) is 1.98. The van der Waals surface area contributed by atoms with Crippen LogP contribution in [0.3, 0.4) is 0 Å². The van der Waals surface area contributed by atoms with Gasteiger partial charge >= 0.3 is 0 Å². The first-order valence-electron chi connectivity index (χ1n) is 2.76. The van der Waals surface area contributed by atoms with Crippen LogP contribution in [-0.2, 0) is 0 Å². The Labute approximate surface area is 85.5 Å². The quantitative estimate of drug-likeness (QED) is 0.288. The van der Waals surface area contributed by atoms with Crippen molar-refractivity contribution in [1.82, 2.24) is 9.80 Å². The minimum Gasteiger partial charge on any atom is -1.00 e. The molecule has 1 fully saturated rings. The zero-order valence-electron chi connectivity index (χ0n) is 5.64. The van der Waals surface area contributed by atoms with Crippen LogP contribution in [0.2, 0.25) is 0 Å². The lowest BCUT2D eigenvalue weighted by atomic mass is 10.6. The van der Waals surface area contributed by atoms with E-state index in [4.69, 9.17) is 11.6 Å². The third kappa shape index (κ3) is 2.90. The molecule has 0 spiro atoms. The summed E-state index contributed by atoms with van der Waals surface area (Å²) in [5, 5.41) is 0. The minimum absolute atomic E-state index is 0. The van der Waals surface area contributed by atoms with Crippen LogP contribution in [0.25, 0.3) is 0 Å². The molecule has 1 rings (SSSR count). The molecule has 1 aliphatic rings. The summed E-state index contributed by atoms with van der Waals surface area (Å²) in [4.78, 5) is 4.23. The number of nitrogens with zero attached hydrogens (tertiary/aromatic N) is 2. The van der Waals surface area contributed by atoms with Crippen molar-refractivity contribution in [3.63, 3.8) is 0 Å². The molecule has 1 aliphatic heterocycles. The molecule has 0 N–H and O–H groups in total. The lowest BCUT2D eigenvalue weighted by molar-refractivity contribution is -0.00000211. The highest BCUT2D eigenvalue weighted by atomic mass is 127. The second-order valence-corrected chi connectivity index (χ2v) is 2.66. The Morgan fingerprint density at radius 1 is 1.20 bits per heavy atom. The topological polar surface area (TPSA) is 6.48 Å². The van der Waals surface area contributed by atoms with Crippen LogP contribution in [0.15, 0.2) is 0 Å². The van der Waals surface area contributed by atoms with Crippen LogP contribution >= 0.6 is 11.6 Å². The molecular formula is C6H15ClIN2-. The normalized spacial score (nSPS) is 21.9. The van der Waals surface area contributed by atoms with Crippen LogP contribution < -0.4 is 24.0 Å². The first-order valence-corrected chi connectivity index (χ1v) is 3.20. The molecule has 0 aliphatic carbocycles. The summed E-state index contributed by atoms with van der Waals surface area (Å²) in [5.41, 5.74) is 0.120. The van der Waals surface area contributed by atoms with Gasteiger partial charge in [0.15, 0.2) is 0 Å². The smallest absolute Gasteiger partial charge is 0.139 e. The van der Waals surface area contributed by atoms with E-state index in [9.17, 15) is 0 Å². The number of likely N-dealkylation sites (N-methyl/N-ethyl adjacent to an activating group) is 2. The summed E-state index contributed by atoms with van der Waals surface area (Å²) in [7, 11) is 4.06. The summed E-state index contributed by atoms with van der Waals surface area (Å²) in [6.07, 6.45) is 0. The lowest BCUT2D eigenvalue weighted by Gasteiger charge is -2.16. The maximum atomic E-state index is 5.86. The van der Waals surface area contributed by atoms with Gasteiger partial charge in [0, 0.05) is 13.1 Å². The van der Waals surface area contributed by atoms with Gasteiger partial charge in [-0.25, -0.2) is 0 Å². The number of rotatable bonds is 0. The van der Waals surface area contributed by atoms with Crippen molar-refractivity contribution in [3.05, 3.63) is 0 Å². The van der Waals surface area contributed by atoms with Gasteiger partial charge in [-0.15, -0.1) is 0 Å². The van der Waals surface area contributed by atoms with Gasteiger partial charge in [-0.3, -0.25) is 9.80 Å². The summed E-state index contributed by atoms with van der Waals surface area (Å²) in [5.74, 6) is 0. The number of hydrogen-bond acceptors (Lipinski definition) is 2. The van der Waals surface area contributed by atoms with Crippen LogP contribution in [-0.4, -0.2) is 42.6 Å². The van der Waals surface area contributed by atoms with Gasteiger partial charge < -0.3 is 24.0 Å². The van der Waals surface area contributed by atoms with E-state index in [2.05, 4.69) is 9.80 Å². The highest BCUT2D eigenvalue weighted by molar-refractivity contribution is 6.20. The highest BCUT2D eigenvalue weighted by Crippen LogP contribution is 2.12. The van der Waals surface area contributed by atoms with E-state index >= 15 is 0 Å². The van der Waals surface area contributed by atoms with E-state index in [1.807, 2.05) is 14.1 Å². The predicted octanol–water partition coefficient (Wildman–Crippen LogP) is -1.97. The predicted molar refractivity (Wildman–Crippen MR) is 41.6 cm³/mol. The Kier molecular flexibility index (Phi) is 7.54. The summed E-state index contributed by atoms with van der Waals surface area (Å²) in [6, 6.07) is 0. The molecule has 2 nitrogen and oxygen atoms in total. The highest BCUT2D eigenvalue weighted by Gasteiger charge is 2.22. The lowest BCUT2D eigenvalue weighted by Crippen LogP contribution is -3.00. The fourth-order valence-corrected chi connectivity index (χ4v) is 1.06. The van der Waals surface area contributed by atoms with E-state index in [-0.39, 0.29) is 37.0 Å². The van der Waals surface area contributed by atoms with Gasteiger partial charge in [-0.1, -0.05) is 19.0 Å². The zero-order chi connectivity index (χ0) is 6.15. The first kappa shape index (κ1) is 13.5. The van der Waals surface area contributed by atoms with E-state index < -0.39 is 0 Å². The molecule has 0 aromatic rings. The second kappa shape index (κ2) is 5.57. The molecule has 64 valence electrons. The van der Waals surface area contributed by atoms with Crippen molar-refractivity contribution in [3.8, 4) is 0 Å². The molecule has 1 heterocycles. The van der Waals surface area contributed by atoms with E-state index in [0.29, 0.717) is 0 Å². The SMILES string of the molecule is C.CN1CCN(C)C1Cl.[I-]. The van der Waals surface area contributed by atoms with Crippen LogP contribution in [0, 0.1) is 0 Å². The minimum atomic E-state index is 0. The summed E-state index contributed by atoms with van der Waals surface area (Å²) in [6.45, 7) is 2.18. The Hall–Kier alpha value is 0.940. The standard InChI is InChI=1S/C5H11ClN2.CH4.HI/c1-7-3-4-8(2)5(7)6;;/h5H,3-4H2,1-2H3;1H4;1H/p-1. The molecule has 1 saturated heterocycles. The van der Waals surface area contributed by atoms with Crippen molar-refractivity contribution in [1.29, 1.82) is 0 Å². The van der Waals surface area contributed by atoms with Crippen molar-refractivity contribution in [2.75, 3.05) is 27.2 Å². The van der Waals surface area contributed by atoms with Crippen LogP contribution in [0.1, 0.15) is 7.43 Å². The summed E-state index contributed by atoms with van der Waals surface area (Å²) >= 11 is 5.86. The summed E-state index contributed by atoms with van der Waals surface area (Å²) < 4.78 is 0. The van der Waals surface area contributed by atoms with Crippen molar-refractivity contribution in [2.45, 2.75) is 13.1 Å². The number of halogens is 2. The molecule has 0 radical (unpaired) electrons. The van der Waals surface area contributed by atoms with Crippen molar-refractivity contribution >= 4 is 11.6 Å². The molecule has 0 saturated carbocycles. The van der Waals surface area contributed by atoms with Gasteiger partial charge in [-0.05, 0) is 14.1 Å². The van der Waals surface area contributed by atoms with Gasteiger partial charge in [-0.2, -0.15) is 0 Å². The van der Waals surface area contributed by atoms with Crippen molar-refractivity contribution < 1.29 is 24.0 Å². The Bertz CT molecular complexity index is 81.8. The molecule has 0 amide bonds. The van der Waals surface area contributed by atoms with E-state index in [1.54, 1.807) is 0 Å². The second-order valence-electron chi connectivity index (χ2n) is 2.27. The maximum absolute atomic E-state index is 5.86. The first-order chi connectivity index (χ1) is 3.72.